The second kappa shape index (κ2) is 9.73. The van der Waals surface area contributed by atoms with Crippen LogP contribution in [0.15, 0.2) is 40.2 Å². The summed E-state index contributed by atoms with van der Waals surface area (Å²) in [5.41, 5.74) is 3.35. The van der Waals surface area contributed by atoms with Crippen molar-refractivity contribution in [2.45, 2.75) is 70.1 Å². The van der Waals surface area contributed by atoms with Crippen LogP contribution in [-0.2, 0) is 17.4 Å². The highest BCUT2D eigenvalue weighted by atomic mass is 79.9. The van der Waals surface area contributed by atoms with Gasteiger partial charge in [0.2, 0.25) is 0 Å². The molecule has 35 heavy (non-hydrogen) atoms. The number of hydrogen-bond donors (Lipinski definition) is 3. The molecule has 1 aromatic heterocycles. The quantitative estimate of drug-likeness (QED) is 0.507. The number of hydrogen-bond acceptors (Lipinski definition) is 6. The molecule has 1 saturated carbocycles. The van der Waals surface area contributed by atoms with Crippen LogP contribution < -0.4 is 10.7 Å². The molecule has 1 aliphatic carbocycles. The van der Waals surface area contributed by atoms with Crippen molar-refractivity contribution >= 4 is 33.6 Å². The molecule has 188 valence electrons. The summed E-state index contributed by atoms with van der Waals surface area (Å²) in [6.45, 7) is 5.47. The van der Waals surface area contributed by atoms with Gasteiger partial charge in [-0.2, -0.15) is 10.2 Å². The van der Waals surface area contributed by atoms with Crippen LogP contribution in [0.5, 0.6) is 0 Å². The van der Waals surface area contributed by atoms with Crippen LogP contribution >= 0.6 is 15.9 Å². The van der Waals surface area contributed by atoms with E-state index in [1.165, 1.54) is 0 Å². The Bertz CT molecular complexity index is 1140. The average molecular weight is 546 g/mol. The zero-order chi connectivity index (χ0) is 25.4. The van der Waals surface area contributed by atoms with Crippen LogP contribution in [0.1, 0.15) is 74.4 Å². The molecule has 1 aromatic carbocycles. The van der Waals surface area contributed by atoms with E-state index in [-0.39, 0.29) is 11.9 Å². The fourth-order valence-corrected chi connectivity index (χ4v) is 5.40. The Balaban J connectivity index is 1.46. The number of hydrazone groups is 1. The first-order chi connectivity index (χ1) is 16.5. The van der Waals surface area contributed by atoms with Gasteiger partial charge in [0.05, 0.1) is 17.4 Å². The highest BCUT2D eigenvalue weighted by Crippen LogP contribution is 2.42. The molecular formula is C25H32BrN5O4. The predicted octanol–water partition coefficient (Wildman–Crippen LogP) is 3.99. The van der Waals surface area contributed by atoms with E-state index < -0.39 is 17.3 Å². The van der Waals surface area contributed by atoms with Gasteiger partial charge in [-0.25, -0.2) is 10.2 Å². The van der Waals surface area contributed by atoms with Gasteiger partial charge < -0.3 is 15.2 Å². The van der Waals surface area contributed by atoms with E-state index in [0.717, 1.165) is 34.9 Å². The van der Waals surface area contributed by atoms with Crippen molar-refractivity contribution in [1.82, 2.24) is 20.5 Å². The van der Waals surface area contributed by atoms with E-state index in [1.54, 1.807) is 38.0 Å². The van der Waals surface area contributed by atoms with Crippen LogP contribution in [0.3, 0.4) is 0 Å². The van der Waals surface area contributed by atoms with E-state index in [9.17, 15) is 14.7 Å². The van der Waals surface area contributed by atoms with E-state index in [4.69, 9.17) is 4.74 Å². The second-order valence-electron chi connectivity index (χ2n) is 10.2. The van der Waals surface area contributed by atoms with E-state index in [0.29, 0.717) is 30.0 Å². The third kappa shape index (κ3) is 5.59. The van der Waals surface area contributed by atoms with E-state index in [2.05, 4.69) is 36.9 Å². The van der Waals surface area contributed by atoms with Gasteiger partial charge in [-0.1, -0.05) is 22.0 Å². The van der Waals surface area contributed by atoms with Gasteiger partial charge in [-0.15, -0.1) is 0 Å². The Morgan fingerprint density at radius 3 is 2.74 bits per heavy atom. The minimum atomic E-state index is -1.02. The Kier molecular flexibility index (Phi) is 7.06. The number of aryl methyl sites for hydroxylation is 1. The number of halogens is 1. The number of benzene rings is 1. The number of amides is 2. The first-order valence-electron chi connectivity index (χ1n) is 11.9. The SMILES string of the molecule is C[C@@H](CC1CCC2(CC1)OC(=O)NN=C2c1cc(C(C)(C)O)ccc1Br)NC(=O)c1cnn(C)c1. The van der Waals surface area contributed by atoms with Crippen molar-refractivity contribution in [2.75, 3.05) is 0 Å². The minimum Gasteiger partial charge on any atom is -0.435 e. The Labute approximate surface area is 213 Å². The van der Waals surface area contributed by atoms with Crippen LogP contribution in [0, 0.1) is 5.92 Å². The highest BCUT2D eigenvalue weighted by Gasteiger charge is 2.47. The van der Waals surface area contributed by atoms with Crippen LogP contribution in [-0.4, -0.2) is 44.2 Å². The van der Waals surface area contributed by atoms with Crippen molar-refractivity contribution in [3.63, 3.8) is 0 Å². The van der Waals surface area contributed by atoms with Crippen LogP contribution in [0.4, 0.5) is 4.79 Å². The molecular weight excluding hydrogens is 514 g/mol. The number of aliphatic hydroxyl groups is 1. The number of nitrogens with one attached hydrogen (secondary N) is 2. The molecule has 0 bridgehead atoms. The zero-order valence-electron chi connectivity index (χ0n) is 20.5. The molecule has 4 rings (SSSR count). The van der Waals surface area contributed by atoms with Gasteiger partial charge in [-0.3, -0.25) is 9.48 Å². The Morgan fingerprint density at radius 1 is 1.40 bits per heavy atom. The monoisotopic (exact) mass is 545 g/mol. The molecule has 2 aromatic rings. The fourth-order valence-electron chi connectivity index (χ4n) is 4.97. The lowest BCUT2D eigenvalue weighted by Crippen LogP contribution is -2.52. The van der Waals surface area contributed by atoms with Gasteiger partial charge >= 0.3 is 6.09 Å². The molecule has 3 N–H and O–H groups in total. The molecule has 2 amide bonds. The van der Waals surface area contributed by atoms with Crippen molar-refractivity contribution < 1.29 is 19.4 Å². The van der Waals surface area contributed by atoms with Gasteiger partial charge in [0.1, 0.15) is 5.71 Å². The molecule has 2 aliphatic rings. The van der Waals surface area contributed by atoms with Crippen LogP contribution in [0.2, 0.25) is 0 Å². The lowest BCUT2D eigenvalue weighted by atomic mass is 9.72. The Morgan fingerprint density at radius 2 is 2.11 bits per heavy atom. The highest BCUT2D eigenvalue weighted by molar-refractivity contribution is 9.10. The summed E-state index contributed by atoms with van der Waals surface area (Å²) in [4.78, 5) is 24.6. The topological polar surface area (TPSA) is 118 Å². The van der Waals surface area contributed by atoms with Crippen molar-refractivity contribution in [3.05, 3.63) is 51.8 Å². The molecule has 0 radical (unpaired) electrons. The molecule has 0 saturated heterocycles. The van der Waals surface area contributed by atoms with Gasteiger partial charge in [-0.05, 0) is 76.5 Å². The zero-order valence-corrected chi connectivity index (χ0v) is 22.1. The third-order valence-electron chi connectivity index (χ3n) is 6.85. The lowest BCUT2D eigenvalue weighted by Gasteiger charge is -2.42. The molecule has 1 fully saturated rings. The van der Waals surface area contributed by atoms with Crippen molar-refractivity contribution in [3.8, 4) is 0 Å². The molecule has 1 atom stereocenters. The summed E-state index contributed by atoms with van der Waals surface area (Å²) < 4.78 is 8.32. The van der Waals surface area contributed by atoms with Gasteiger partial charge in [0, 0.05) is 29.3 Å². The molecule has 10 heteroatoms. The number of aromatic nitrogens is 2. The molecule has 2 heterocycles. The smallest absolute Gasteiger partial charge is 0.428 e. The van der Waals surface area contributed by atoms with Gasteiger partial charge in [0.25, 0.3) is 5.91 Å². The second-order valence-corrected chi connectivity index (χ2v) is 11.0. The average Bonchev–Trinajstić information content (AvgIpc) is 3.22. The van der Waals surface area contributed by atoms with Gasteiger partial charge in [0.15, 0.2) is 5.60 Å². The lowest BCUT2D eigenvalue weighted by molar-refractivity contribution is 0.0153. The number of nitrogens with zero attached hydrogens (tertiary/aromatic N) is 3. The third-order valence-corrected chi connectivity index (χ3v) is 7.54. The maximum absolute atomic E-state index is 12.5. The molecule has 1 aliphatic heterocycles. The first-order valence-corrected chi connectivity index (χ1v) is 12.7. The normalized spacial score (nSPS) is 23.3. The van der Waals surface area contributed by atoms with E-state index in [1.807, 2.05) is 25.1 Å². The van der Waals surface area contributed by atoms with Crippen molar-refractivity contribution in [1.29, 1.82) is 0 Å². The summed E-state index contributed by atoms with van der Waals surface area (Å²) in [5.74, 6) is 0.252. The number of carbonyl (C=O) groups is 2. The Hall–Kier alpha value is -2.72. The molecule has 1 spiro atoms. The summed E-state index contributed by atoms with van der Waals surface area (Å²) in [6, 6.07) is 5.64. The summed E-state index contributed by atoms with van der Waals surface area (Å²) in [6.07, 6.45) is 6.47. The summed E-state index contributed by atoms with van der Waals surface area (Å²) in [7, 11) is 1.78. The number of rotatable bonds is 6. The number of carbonyl (C=O) groups excluding carboxylic acids is 2. The molecule has 0 unspecified atom stereocenters. The number of ether oxygens (including phenoxy) is 1. The predicted molar refractivity (Wildman–Crippen MR) is 135 cm³/mol. The van der Waals surface area contributed by atoms with E-state index >= 15 is 0 Å². The first kappa shape index (κ1) is 25.4. The van der Waals surface area contributed by atoms with Crippen molar-refractivity contribution in [2.24, 2.45) is 18.1 Å². The molecule has 9 nitrogen and oxygen atoms in total. The standard InChI is InChI=1S/C25H32BrN5O4/c1-15(28-22(32)17-13-27-31(4)14-17)11-16-7-9-25(10-8-16)21(29-30-23(33)35-25)19-12-18(24(2,3)34)5-6-20(19)26/h5-6,12-16,34H,7-11H2,1-4H3,(H,28,32)(H,30,33)/t15-,16?,25?/m0/s1. The fraction of sp³-hybridized carbons (Fsp3) is 0.520. The maximum Gasteiger partial charge on any atom is 0.428 e. The summed E-state index contributed by atoms with van der Waals surface area (Å²) >= 11 is 3.61. The summed E-state index contributed by atoms with van der Waals surface area (Å²) in [5, 5.41) is 22.0. The maximum atomic E-state index is 12.5. The van der Waals surface area contributed by atoms with Crippen LogP contribution in [0.25, 0.3) is 0 Å². The minimum absolute atomic E-state index is 0.00285. The largest absolute Gasteiger partial charge is 0.435 e.